The van der Waals surface area contributed by atoms with Crippen LogP contribution < -0.4 is 5.32 Å². The standard InChI is InChI=1S/C14H15BrN2O/c1-10-6-7-16-14(13(10)15)17-12-5-3-4-11(8-12)9-18-2/h3-8H,9H2,1-2H3,(H,16,17). The van der Waals surface area contributed by atoms with Crippen molar-refractivity contribution in [3.63, 3.8) is 0 Å². The van der Waals surface area contributed by atoms with Gasteiger partial charge in [-0.3, -0.25) is 0 Å². The summed E-state index contributed by atoms with van der Waals surface area (Å²) < 4.78 is 6.11. The Morgan fingerprint density at radius 3 is 2.94 bits per heavy atom. The van der Waals surface area contributed by atoms with Gasteiger partial charge < -0.3 is 10.1 Å². The number of nitrogens with zero attached hydrogens (tertiary/aromatic N) is 1. The number of methoxy groups -OCH3 is 1. The number of benzene rings is 1. The fourth-order valence-corrected chi connectivity index (χ4v) is 2.00. The van der Waals surface area contributed by atoms with Crippen LogP contribution in [-0.4, -0.2) is 12.1 Å². The highest BCUT2D eigenvalue weighted by Crippen LogP contribution is 2.26. The van der Waals surface area contributed by atoms with Crippen molar-refractivity contribution >= 4 is 27.4 Å². The monoisotopic (exact) mass is 306 g/mol. The molecule has 0 spiro atoms. The van der Waals surface area contributed by atoms with Gasteiger partial charge in [0.05, 0.1) is 11.1 Å². The van der Waals surface area contributed by atoms with E-state index in [9.17, 15) is 0 Å². The first-order valence-corrected chi connectivity index (χ1v) is 6.46. The molecular formula is C14H15BrN2O. The summed E-state index contributed by atoms with van der Waals surface area (Å²) >= 11 is 3.54. The highest BCUT2D eigenvalue weighted by Gasteiger charge is 2.04. The Hall–Kier alpha value is -1.39. The minimum absolute atomic E-state index is 0.609. The lowest BCUT2D eigenvalue weighted by Crippen LogP contribution is -1.97. The van der Waals surface area contributed by atoms with Crippen LogP contribution in [0.5, 0.6) is 0 Å². The van der Waals surface area contributed by atoms with Crippen LogP contribution in [0.4, 0.5) is 11.5 Å². The van der Waals surface area contributed by atoms with E-state index >= 15 is 0 Å². The zero-order valence-electron chi connectivity index (χ0n) is 10.4. The van der Waals surface area contributed by atoms with Crippen LogP contribution in [0.15, 0.2) is 41.0 Å². The quantitative estimate of drug-likeness (QED) is 0.925. The van der Waals surface area contributed by atoms with Crippen molar-refractivity contribution in [3.8, 4) is 0 Å². The number of nitrogens with one attached hydrogen (secondary N) is 1. The van der Waals surface area contributed by atoms with Crippen molar-refractivity contribution in [2.75, 3.05) is 12.4 Å². The maximum atomic E-state index is 5.12. The van der Waals surface area contributed by atoms with Crippen molar-refractivity contribution in [1.82, 2.24) is 4.98 Å². The SMILES string of the molecule is COCc1cccc(Nc2nccc(C)c2Br)c1. The molecule has 2 aromatic rings. The molecular weight excluding hydrogens is 292 g/mol. The summed E-state index contributed by atoms with van der Waals surface area (Å²) in [6.45, 7) is 2.65. The fraction of sp³-hybridized carbons (Fsp3) is 0.214. The van der Waals surface area contributed by atoms with E-state index in [0.29, 0.717) is 6.61 Å². The first-order chi connectivity index (χ1) is 8.70. The molecule has 18 heavy (non-hydrogen) atoms. The predicted molar refractivity (Wildman–Crippen MR) is 77.1 cm³/mol. The highest BCUT2D eigenvalue weighted by molar-refractivity contribution is 9.10. The van der Waals surface area contributed by atoms with Crippen molar-refractivity contribution < 1.29 is 4.74 Å². The Bertz CT molecular complexity index is 543. The lowest BCUT2D eigenvalue weighted by Gasteiger charge is -2.10. The molecule has 1 aromatic carbocycles. The zero-order valence-corrected chi connectivity index (χ0v) is 12.0. The van der Waals surface area contributed by atoms with Crippen molar-refractivity contribution in [2.24, 2.45) is 0 Å². The average Bonchev–Trinajstić information content (AvgIpc) is 2.36. The highest BCUT2D eigenvalue weighted by atomic mass is 79.9. The van der Waals surface area contributed by atoms with E-state index < -0.39 is 0 Å². The summed E-state index contributed by atoms with van der Waals surface area (Å²) in [5.74, 6) is 0.824. The van der Waals surface area contributed by atoms with Crippen LogP contribution >= 0.6 is 15.9 Å². The number of hydrogen-bond donors (Lipinski definition) is 1. The van der Waals surface area contributed by atoms with Gasteiger partial charge in [-0.1, -0.05) is 12.1 Å². The topological polar surface area (TPSA) is 34.1 Å². The van der Waals surface area contributed by atoms with Crippen LogP contribution in [0.3, 0.4) is 0 Å². The molecule has 0 saturated heterocycles. The number of rotatable bonds is 4. The van der Waals surface area contributed by atoms with E-state index in [0.717, 1.165) is 27.1 Å². The van der Waals surface area contributed by atoms with E-state index in [-0.39, 0.29) is 0 Å². The lowest BCUT2D eigenvalue weighted by atomic mass is 10.2. The largest absolute Gasteiger partial charge is 0.380 e. The summed E-state index contributed by atoms with van der Waals surface area (Å²) in [4.78, 5) is 4.32. The van der Waals surface area contributed by atoms with Crippen LogP contribution in [-0.2, 0) is 11.3 Å². The molecule has 94 valence electrons. The van der Waals surface area contributed by atoms with Crippen LogP contribution in [0.2, 0.25) is 0 Å². The molecule has 0 aliphatic carbocycles. The van der Waals surface area contributed by atoms with Gasteiger partial charge in [-0.15, -0.1) is 0 Å². The third-order valence-corrected chi connectivity index (χ3v) is 3.58. The molecule has 1 N–H and O–H groups in total. The third kappa shape index (κ3) is 3.09. The molecule has 1 aromatic heterocycles. The van der Waals surface area contributed by atoms with Crippen LogP contribution in [0, 0.1) is 6.92 Å². The lowest BCUT2D eigenvalue weighted by molar-refractivity contribution is 0.185. The van der Waals surface area contributed by atoms with Crippen molar-refractivity contribution in [3.05, 3.63) is 52.1 Å². The number of aromatic nitrogens is 1. The predicted octanol–water partition coefficient (Wildman–Crippen LogP) is 4.04. The minimum Gasteiger partial charge on any atom is -0.380 e. The van der Waals surface area contributed by atoms with E-state index in [1.54, 1.807) is 13.3 Å². The fourth-order valence-electron chi connectivity index (χ4n) is 1.67. The summed E-state index contributed by atoms with van der Waals surface area (Å²) in [5, 5.41) is 3.30. The maximum Gasteiger partial charge on any atom is 0.144 e. The van der Waals surface area contributed by atoms with Gasteiger partial charge >= 0.3 is 0 Å². The molecule has 2 rings (SSSR count). The minimum atomic E-state index is 0.609. The van der Waals surface area contributed by atoms with Gasteiger partial charge in [0, 0.05) is 19.0 Å². The van der Waals surface area contributed by atoms with Gasteiger partial charge in [0.25, 0.3) is 0 Å². The van der Waals surface area contributed by atoms with E-state index in [1.165, 1.54) is 0 Å². The number of halogens is 1. The molecule has 0 unspecified atom stereocenters. The summed E-state index contributed by atoms with van der Waals surface area (Å²) in [5.41, 5.74) is 3.29. The molecule has 0 amide bonds. The summed E-state index contributed by atoms with van der Waals surface area (Å²) in [6, 6.07) is 10.1. The van der Waals surface area contributed by atoms with Gasteiger partial charge in [0.15, 0.2) is 0 Å². The Morgan fingerprint density at radius 2 is 2.17 bits per heavy atom. The van der Waals surface area contributed by atoms with E-state index in [2.05, 4.69) is 32.3 Å². The molecule has 4 heteroatoms. The van der Waals surface area contributed by atoms with Gasteiger partial charge in [-0.25, -0.2) is 4.98 Å². The Labute approximate surface area is 115 Å². The van der Waals surface area contributed by atoms with Gasteiger partial charge in [0.1, 0.15) is 5.82 Å². The molecule has 0 aliphatic rings. The molecule has 1 heterocycles. The maximum absolute atomic E-state index is 5.12. The first kappa shape index (κ1) is 13.1. The van der Waals surface area contributed by atoms with Gasteiger partial charge in [-0.05, 0) is 52.2 Å². The first-order valence-electron chi connectivity index (χ1n) is 5.66. The van der Waals surface area contributed by atoms with Gasteiger partial charge in [-0.2, -0.15) is 0 Å². The second-order valence-corrected chi connectivity index (χ2v) is 4.84. The number of pyridine rings is 1. The van der Waals surface area contributed by atoms with Crippen molar-refractivity contribution in [1.29, 1.82) is 0 Å². The summed E-state index contributed by atoms with van der Waals surface area (Å²) in [7, 11) is 1.69. The summed E-state index contributed by atoms with van der Waals surface area (Å²) in [6.07, 6.45) is 1.79. The van der Waals surface area contributed by atoms with E-state index in [4.69, 9.17) is 4.74 Å². The van der Waals surface area contributed by atoms with Crippen LogP contribution in [0.1, 0.15) is 11.1 Å². The number of hydrogen-bond acceptors (Lipinski definition) is 3. The Balaban J connectivity index is 2.23. The molecule has 0 atom stereocenters. The molecule has 0 saturated carbocycles. The third-order valence-electron chi connectivity index (χ3n) is 2.58. The average molecular weight is 307 g/mol. The number of aryl methyl sites for hydroxylation is 1. The second-order valence-electron chi connectivity index (χ2n) is 4.05. The molecule has 3 nitrogen and oxygen atoms in total. The van der Waals surface area contributed by atoms with Gasteiger partial charge in [0.2, 0.25) is 0 Å². The Morgan fingerprint density at radius 1 is 1.33 bits per heavy atom. The smallest absolute Gasteiger partial charge is 0.144 e. The number of anilines is 2. The number of ether oxygens (including phenoxy) is 1. The molecule has 0 bridgehead atoms. The second kappa shape index (κ2) is 5.98. The zero-order chi connectivity index (χ0) is 13.0. The van der Waals surface area contributed by atoms with Crippen LogP contribution in [0.25, 0.3) is 0 Å². The molecule has 0 fully saturated rings. The van der Waals surface area contributed by atoms with E-state index in [1.807, 2.05) is 31.2 Å². The molecule has 0 radical (unpaired) electrons. The Kier molecular flexibility index (Phi) is 4.33. The van der Waals surface area contributed by atoms with Crippen molar-refractivity contribution in [2.45, 2.75) is 13.5 Å². The normalized spacial score (nSPS) is 10.4. The molecule has 0 aliphatic heterocycles.